The zero-order chi connectivity index (χ0) is 11.8. The summed E-state index contributed by atoms with van der Waals surface area (Å²) in [6.45, 7) is 0. The number of amides is 1. The molecule has 1 amide bonds. The molecular formula is C12H7ClN2OS. The first-order chi connectivity index (χ1) is 8.27. The predicted molar refractivity (Wildman–Crippen MR) is 68.2 cm³/mol. The number of pyridine rings is 1. The lowest BCUT2D eigenvalue weighted by Gasteiger charge is -2.27. The average Bonchev–Trinajstić information content (AvgIpc) is 2.35. The second-order valence-corrected chi connectivity index (χ2v) is 4.89. The van der Waals surface area contributed by atoms with E-state index >= 15 is 0 Å². The number of anilines is 2. The molecule has 0 unspecified atom stereocenters. The molecule has 3 nitrogen and oxygen atoms in total. The van der Waals surface area contributed by atoms with E-state index < -0.39 is 5.37 Å². The minimum absolute atomic E-state index is 0.544. The molecule has 0 atom stereocenters. The summed E-state index contributed by atoms with van der Waals surface area (Å²) in [4.78, 5) is 19.2. The molecule has 1 aliphatic heterocycles. The maximum Gasteiger partial charge on any atom is 0.326 e. The molecular weight excluding hydrogens is 256 g/mol. The van der Waals surface area contributed by atoms with Crippen LogP contribution in [0.15, 0.2) is 52.4 Å². The van der Waals surface area contributed by atoms with Gasteiger partial charge in [0.05, 0.1) is 10.6 Å². The molecule has 0 saturated carbocycles. The second kappa shape index (κ2) is 4.05. The first-order valence-corrected chi connectivity index (χ1v) is 6.18. The predicted octanol–water partition coefficient (Wildman–Crippen LogP) is 4.04. The van der Waals surface area contributed by atoms with Crippen LogP contribution in [0.4, 0.5) is 16.3 Å². The first-order valence-electron chi connectivity index (χ1n) is 4.99. The van der Waals surface area contributed by atoms with Gasteiger partial charge in [-0.15, -0.1) is 0 Å². The first kappa shape index (κ1) is 10.6. The van der Waals surface area contributed by atoms with Crippen molar-refractivity contribution in [3.63, 3.8) is 0 Å². The number of hydrogen-bond acceptors (Lipinski definition) is 3. The van der Waals surface area contributed by atoms with Gasteiger partial charge in [-0.1, -0.05) is 23.9 Å². The number of rotatable bonds is 0. The highest BCUT2D eigenvalue weighted by Gasteiger charge is 2.27. The Morgan fingerprint density at radius 1 is 1.18 bits per heavy atom. The molecule has 0 radical (unpaired) electrons. The quantitative estimate of drug-likeness (QED) is 0.531. The van der Waals surface area contributed by atoms with Crippen molar-refractivity contribution < 1.29 is 4.79 Å². The van der Waals surface area contributed by atoms with Crippen molar-refractivity contribution in [1.29, 1.82) is 0 Å². The van der Waals surface area contributed by atoms with Crippen LogP contribution in [-0.2, 0) is 0 Å². The second-order valence-electron chi connectivity index (χ2n) is 3.48. The van der Waals surface area contributed by atoms with Crippen molar-refractivity contribution in [3.8, 4) is 0 Å². The Morgan fingerprint density at radius 2 is 1.94 bits per heavy atom. The minimum atomic E-state index is -0.544. The van der Waals surface area contributed by atoms with Gasteiger partial charge in [-0.25, -0.2) is 9.88 Å². The van der Waals surface area contributed by atoms with Gasteiger partial charge >= 0.3 is 5.37 Å². The van der Waals surface area contributed by atoms with E-state index in [4.69, 9.17) is 11.6 Å². The van der Waals surface area contributed by atoms with Crippen LogP contribution < -0.4 is 4.90 Å². The fourth-order valence-corrected chi connectivity index (χ4v) is 2.97. The lowest BCUT2D eigenvalue weighted by molar-refractivity contribution is 0.265. The molecule has 0 bridgehead atoms. The topological polar surface area (TPSA) is 33.2 Å². The Labute approximate surface area is 107 Å². The summed E-state index contributed by atoms with van der Waals surface area (Å²) < 4.78 is 0. The van der Waals surface area contributed by atoms with Gasteiger partial charge in [0.25, 0.3) is 0 Å². The smallest absolute Gasteiger partial charge is 0.255 e. The molecule has 0 spiro atoms. The number of fused-ring (bicyclic) bond motifs is 2. The highest BCUT2D eigenvalue weighted by Crippen LogP contribution is 2.47. The molecule has 2 heterocycles. The molecule has 1 aromatic heterocycles. The average molecular weight is 263 g/mol. The van der Waals surface area contributed by atoms with E-state index in [1.807, 2.05) is 36.4 Å². The number of carbonyl (C=O) groups is 1. The van der Waals surface area contributed by atoms with E-state index in [0.29, 0.717) is 5.82 Å². The van der Waals surface area contributed by atoms with Gasteiger partial charge in [-0.3, -0.25) is 4.79 Å². The Kier molecular flexibility index (Phi) is 2.53. The Balaban J connectivity index is 2.24. The highest BCUT2D eigenvalue weighted by molar-refractivity contribution is 7.99. The number of carbonyl (C=O) groups excluding carboxylic acids is 1. The van der Waals surface area contributed by atoms with E-state index in [2.05, 4.69) is 4.98 Å². The van der Waals surface area contributed by atoms with Crippen molar-refractivity contribution in [3.05, 3.63) is 42.6 Å². The highest BCUT2D eigenvalue weighted by atomic mass is 35.5. The molecule has 84 valence electrons. The van der Waals surface area contributed by atoms with Crippen LogP contribution in [0, 0.1) is 0 Å². The van der Waals surface area contributed by atoms with Crippen LogP contribution in [0.2, 0.25) is 0 Å². The summed E-state index contributed by atoms with van der Waals surface area (Å²) in [7, 11) is 0. The maximum atomic E-state index is 11.6. The van der Waals surface area contributed by atoms with Crippen molar-refractivity contribution >= 4 is 40.2 Å². The van der Waals surface area contributed by atoms with Crippen molar-refractivity contribution in [2.24, 2.45) is 0 Å². The van der Waals surface area contributed by atoms with E-state index in [1.54, 1.807) is 18.0 Å². The maximum absolute atomic E-state index is 11.6. The van der Waals surface area contributed by atoms with E-state index in [-0.39, 0.29) is 0 Å². The molecule has 0 N–H and O–H groups in total. The summed E-state index contributed by atoms with van der Waals surface area (Å²) in [6, 6.07) is 11.4. The van der Waals surface area contributed by atoms with Gasteiger partial charge in [0.1, 0.15) is 0 Å². The van der Waals surface area contributed by atoms with Crippen LogP contribution in [-0.4, -0.2) is 10.4 Å². The van der Waals surface area contributed by atoms with Crippen LogP contribution in [0.1, 0.15) is 0 Å². The summed E-state index contributed by atoms with van der Waals surface area (Å²) in [5.74, 6) is 0.594. The molecule has 0 fully saturated rings. The van der Waals surface area contributed by atoms with E-state index in [1.165, 1.54) is 4.90 Å². The third-order valence-corrected chi connectivity index (χ3v) is 3.74. The molecule has 1 aliphatic rings. The van der Waals surface area contributed by atoms with Crippen molar-refractivity contribution in [2.75, 3.05) is 4.90 Å². The van der Waals surface area contributed by atoms with Crippen LogP contribution in [0.25, 0.3) is 0 Å². The third-order valence-electron chi connectivity index (χ3n) is 2.46. The van der Waals surface area contributed by atoms with Gasteiger partial charge in [0, 0.05) is 11.1 Å². The molecule has 17 heavy (non-hydrogen) atoms. The van der Waals surface area contributed by atoms with Gasteiger partial charge in [-0.05, 0) is 35.9 Å². The molecule has 3 rings (SSSR count). The summed E-state index contributed by atoms with van der Waals surface area (Å²) in [5, 5.41) is -0.544. The number of benzene rings is 1. The van der Waals surface area contributed by atoms with Gasteiger partial charge in [0.2, 0.25) is 0 Å². The number of nitrogens with zero attached hydrogens (tertiary/aromatic N) is 2. The Bertz CT molecular complexity index is 557. The van der Waals surface area contributed by atoms with Crippen LogP contribution >= 0.6 is 23.4 Å². The lowest BCUT2D eigenvalue weighted by atomic mass is 10.3. The Morgan fingerprint density at radius 3 is 2.76 bits per heavy atom. The summed E-state index contributed by atoms with van der Waals surface area (Å²) in [6.07, 6.45) is 1.65. The number of aromatic nitrogens is 1. The number of halogens is 1. The summed E-state index contributed by atoms with van der Waals surface area (Å²) >= 11 is 7.24. The zero-order valence-corrected chi connectivity index (χ0v) is 10.2. The fraction of sp³-hybridized carbons (Fsp3) is 0. The molecule has 0 saturated heterocycles. The van der Waals surface area contributed by atoms with Crippen LogP contribution in [0.5, 0.6) is 0 Å². The van der Waals surface area contributed by atoms with Gasteiger partial charge in [-0.2, -0.15) is 0 Å². The minimum Gasteiger partial charge on any atom is -0.255 e. The molecule has 1 aromatic carbocycles. The van der Waals surface area contributed by atoms with Crippen molar-refractivity contribution in [2.45, 2.75) is 9.79 Å². The molecule has 5 heteroatoms. The number of hydrogen-bond donors (Lipinski definition) is 0. The Hall–Kier alpha value is -1.52. The SMILES string of the molecule is O=C(Cl)N1c2ccccc2Sc2cccnc21. The largest absolute Gasteiger partial charge is 0.326 e. The molecule has 2 aromatic rings. The van der Waals surface area contributed by atoms with Gasteiger partial charge in [0.15, 0.2) is 5.82 Å². The summed E-state index contributed by atoms with van der Waals surface area (Å²) in [5.41, 5.74) is 0.781. The van der Waals surface area contributed by atoms with E-state index in [9.17, 15) is 4.79 Å². The van der Waals surface area contributed by atoms with Gasteiger partial charge < -0.3 is 0 Å². The monoisotopic (exact) mass is 262 g/mol. The fourth-order valence-electron chi connectivity index (χ4n) is 1.77. The normalized spacial score (nSPS) is 12.9. The third kappa shape index (κ3) is 1.69. The molecule has 0 aliphatic carbocycles. The standard InChI is InChI=1S/C12H7ClN2OS/c13-12(16)15-8-4-1-2-5-9(8)17-10-6-3-7-14-11(10)15/h1-7H. The number of para-hydroxylation sites is 1. The lowest BCUT2D eigenvalue weighted by Crippen LogP contribution is -2.23. The van der Waals surface area contributed by atoms with Crippen LogP contribution in [0.3, 0.4) is 0 Å². The van der Waals surface area contributed by atoms with Crippen molar-refractivity contribution in [1.82, 2.24) is 4.98 Å². The zero-order valence-electron chi connectivity index (χ0n) is 8.63. The van der Waals surface area contributed by atoms with E-state index in [0.717, 1.165) is 15.5 Å².